The quantitative estimate of drug-likeness (QED) is 0.281. The van der Waals surface area contributed by atoms with E-state index in [4.69, 9.17) is 4.74 Å². The van der Waals surface area contributed by atoms with E-state index >= 15 is 0 Å². The van der Waals surface area contributed by atoms with Crippen molar-refractivity contribution in [2.45, 2.75) is 6.92 Å². The van der Waals surface area contributed by atoms with Crippen LogP contribution in [-0.2, 0) is 9.53 Å². The SMILES string of the molecule is C=C=C(C)C(=O)OCC[N+](C)(C)C. The predicted molar refractivity (Wildman–Crippen MR) is 52.2 cm³/mol. The number of quaternary nitrogens is 1. The molecular formula is C10H18NO2+. The zero-order chi connectivity index (χ0) is 10.5. The molecule has 0 radical (unpaired) electrons. The van der Waals surface area contributed by atoms with E-state index in [9.17, 15) is 4.79 Å². The fourth-order valence-corrected chi connectivity index (χ4v) is 0.593. The molecular weight excluding hydrogens is 166 g/mol. The molecule has 13 heavy (non-hydrogen) atoms. The van der Waals surface area contributed by atoms with Gasteiger partial charge in [-0.05, 0) is 6.92 Å². The first-order chi connectivity index (χ1) is 5.87. The third-order valence-electron chi connectivity index (χ3n) is 1.57. The molecule has 0 heterocycles. The molecule has 0 aliphatic carbocycles. The Bertz CT molecular complexity index is 232. The maximum Gasteiger partial charge on any atom is 0.341 e. The lowest BCUT2D eigenvalue weighted by atomic mass is 10.3. The maximum atomic E-state index is 11.1. The highest BCUT2D eigenvalue weighted by molar-refractivity contribution is 5.87. The van der Waals surface area contributed by atoms with Crippen molar-refractivity contribution in [3.8, 4) is 0 Å². The molecule has 0 aliphatic rings. The molecule has 0 fully saturated rings. The topological polar surface area (TPSA) is 26.3 Å². The summed E-state index contributed by atoms with van der Waals surface area (Å²) < 4.78 is 5.76. The third kappa shape index (κ3) is 6.14. The van der Waals surface area contributed by atoms with Crippen molar-refractivity contribution in [1.29, 1.82) is 0 Å². The highest BCUT2D eigenvalue weighted by Crippen LogP contribution is 1.95. The van der Waals surface area contributed by atoms with Gasteiger partial charge in [0.2, 0.25) is 0 Å². The lowest BCUT2D eigenvalue weighted by Gasteiger charge is -2.23. The lowest BCUT2D eigenvalue weighted by molar-refractivity contribution is -0.870. The van der Waals surface area contributed by atoms with Crippen molar-refractivity contribution in [2.75, 3.05) is 34.3 Å². The van der Waals surface area contributed by atoms with Gasteiger partial charge >= 0.3 is 5.97 Å². The number of carbonyl (C=O) groups excluding carboxylic acids is 1. The molecule has 0 spiro atoms. The van der Waals surface area contributed by atoms with E-state index in [1.54, 1.807) is 6.92 Å². The van der Waals surface area contributed by atoms with Gasteiger partial charge in [0.15, 0.2) is 0 Å². The summed E-state index contributed by atoms with van der Waals surface area (Å²) in [5.74, 6) is -0.330. The van der Waals surface area contributed by atoms with Crippen molar-refractivity contribution >= 4 is 5.97 Å². The molecule has 0 amide bonds. The molecule has 3 nitrogen and oxygen atoms in total. The molecule has 74 valence electrons. The average Bonchev–Trinajstić information content (AvgIpc) is 2.00. The molecule has 3 heteroatoms. The fourth-order valence-electron chi connectivity index (χ4n) is 0.593. The highest BCUT2D eigenvalue weighted by atomic mass is 16.5. The van der Waals surface area contributed by atoms with Crippen molar-refractivity contribution in [3.63, 3.8) is 0 Å². The molecule has 0 aromatic rings. The van der Waals surface area contributed by atoms with E-state index < -0.39 is 0 Å². The van der Waals surface area contributed by atoms with E-state index in [2.05, 4.69) is 12.3 Å². The molecule has 0 unspecified atom stereocenters. The van der Waals surface area contributed by atoms with Gasteiger partial charge in [-0.1, -0.05) is 6.58 Å². The zero-order valence-electron chi connectivity index (χ0n) is 8.89. The Balaban J connectivity index is 3.80. The van der Waals surface area contributed by atoms with Crippen LogP contribution in [0.3, 0.4) is 0 Å². The van der Waals surface area contributed by atoms with Gasteiger partial charge in [0.05, 0.1) is 26.7 Å². The van der Waals surface area contributed by atoms with Crippen molar-refractivity contribution in [2.24, 2.45) is 0 Å². The van der Waals surface area contributed by atoms with Crippen LogP contribution >= 0.6 is 0 Å². The molecule has 0 aromatic carbocycles. The Morgan fingerprint density at radius 3 is 2.38 bits per heavy atom. The van der Waals surface area contributed by atoms with Gasteiger partial charge in [0, 0.05) is 0 Å². The van der Waals surface area contributed by atoms with Crippen molar-refractivity contribution < 1.29 is 14.0 Å². The normalized spacial score (nSPS) is 10.5. The average molecular weight is 184 g/mol. The smallest absolute Gasteiger partial charge is 0.341 e. The molecule has 0 bridgehead atoms. The summed E-state index contributed by atoms with van der Waals surface area (Å²) in [7, 11) is 6.14. The van der Waals surface area contributed by atoms with Crippen LogP contribution in [0.2, 0.25) is 0 Å². The van der Waals surface area contributed by atoms with Crippen LogP contribution in [0, 0.1) is 0 Å². The van der Waals surface area contributed by atoms with E-state index in [-0.39, 0.29) is 5.97 Å². The third-order valence-corrected chi connectivity index (χ3v) is 1.57. The number of ether oxygens (including phenoxy) is 1. The second-order valence-electron chi connectivity index (χ2n) is 3.95. The number of esters is 1. The van der Waals surface area contributed by atoms with Crippen LogP contribution in [0.4, 0.5) is 0 Å². The summed E-state index contributed by atoms with van der Waals surface area (Å²) in [5, 5.41) is 0. The van der Waals surface area contributed by atoms with E-state index in [0.717, 1.165) is 11.0 Å². The van der Waals surface area contributed by atoms with Crippen LogP contribution in [-0.4, -0.2) is 44.7 Å². The summed E-state index contributed by atoms with van der Waals surface area (Å²) in [4.78, 5) is 11.1. The first-order valence-electron chi connectivity index (χ1n) is 4.21. The minimum Gasteiger partial charge on any atom is -0.456 e. The van der Waals surface area contributed by atoms with E-state index in [1.807, 2.05) is 21.1 Å². The Labute approximate surface area is 79.9 Å². The van der Waals surface area contributed by atoms with Crippen molar-refractivity contribution in [3.05, 3.63) is 17.9 Å². The Morgan fingerprint density at radius 1 is 1.46 bits per heavy atom. The van der Waals surface area contributed by atoms with Gasteiger partial charge in [-0.15, -0.1) is 5.73 Å². The summed E-state index contributed by atoms with van der Waals surface area (Å²) >= 11 is 0. The summed E-state index contributed by atoms with van der Waals surface area (Å²) in [6, 6.07) is 0. The van der Waals surface area contributed by atoms with Crippen molar-refractivity contribution in [1.82, 2.24) is 0 Å². The summed E-state index contributed by atoms with van der Waals surface area (Å²) in [6.45, 7) is 6.25. The van der Waals surface area contributed by atoms with Crippen LogP contribution in [0.1, 0.15) is 6.92 Å². The first kappa shape index (κ1) is 11.9. The largest absolute Gasteiger partial charge is 0.456 e. The Morgan fingerprint density at radius 2 is 2.00 bits per heavy atom. The van der Waals surface area contributed by atoms with Crippen LogP contribution in [0.5, 0.6) is 0 Å². The fraction of sp³-hybridized carbons (Fsp3) is 0.600. The van der Waals surface area contributed by atoms with E-state index in [1.165, 1.54) is 0 Å². The lowest BCUT2D eigenvalue weighted by Crippen LogP contribution is -2.38. The number of likely N-dealkylation sites (N-methyl/N-ethyl adjacent to an activating group) is 1. The Kier molecular flexibility index (Phi) is 4.46. The zero-order valence-corrected chi connectivity index (χ0v) is 8.89. The van der Waals surface area contributed by atoms with Gasteiger partial charge in [-0.3, -0.25) is 0 Å². The van der Waals surface area contributed by atoms with Crippen LogP contribution in [0.25, 0.3) is 0 Å². The number of nitrogens with zero attached hydrogens (tertiary/aromatic N) is 1. The summed E-state index contributed by atoms with van der Waals surface area (Å²) in [5.41, 5.74) is 2.93. The predicted octanol–water partition coefficient (Wildman–Crippen LogP) is 0.967. The minimum atomic E-state index is -0.330. The molecule has 0 saturated heterocycles. The second-order valence-corrected chi connectivity index (χ2v) is 3.95. The number of rotatable bonds is 4. The number of hydrogen-bond acceptors (Lipinski definition) is 2. The molecule has 0 saturated carbocycles. The molecule has 0 N–H and O–H groups in total. The maximum absolute atomic E-state index is 11.1. The van der Waals surface area contributed by atoms with Gasteiger partial charge in [0.1, 0.15) is 13.2 Å². The second kappa shape index (κ2) is 4.85. The molecule has 0 rings (SSSR count). The van der Waals surface area contributed by atoms with Gasteiger partial charge in [-0.2, -0.15) is 0 Å². The van der Waals surface area contributed by atoms with Gasteiger partial charge in [-0.25, -0.2) is 4.79 Å². The molecule has 0 aliphatic heterocycles. The van der Waals surface area contributed by atoms with Gasteiger partial charge < -0.3 is 9.22 Å². The Hall–Kier alpha value is -1.05. The van der Waals surface area contributed by atoms with E-state index in [0.29, 0.717) is 12.2 Å². The van der Waals surface area contributed by atoms with Gasteiger partial charge in [0.25, 0.3) is 0 Å². The molecule has 0 atom stereocenters. The highest BCUT2D eigenvalue weighted by Gasteiger charge is 2.09. The van der Waals surface area contributed by atoms with Crippen LogP contribution < -0.4 is 0 Å². The minimum absolute atomic E-state index is 0.330. The standard InChI is InChI=1S/C10H18NO2/c1-6-9(2)10(12)13-8-7-11(3,4)5/h1,7-8H2,2-5H3/q+1. The monoisotopic (exact) mass is 184 g/mol. The van der Waals surface area contributed by atoms with Crippen LogP contribution in [0.15, 0.2) is 17.9 Å². The number of carbonyl (C=O) groups is 1. The number of hydrogen-bond donors (Lipinski definition) is 0. The summed E-state index contributed by atoms with van der Waals surface area (Å²) in [6.07, 6.45) is 0. The molecule has 0 aromatic heterocycles. The first-order valence-corrected chi connectivity index (χ1v) is 4.21.